The molecule has 0 saturated carbocycles. The van der Waals surface area contributed by atoms with E-state index >= 15 is 0 Å². The molecule has 0 bridgehead atoms. The molecule has 0 aliphatic rings. The Hall–Kier alpha value is -2.41. The van der Waals surface area contributed by atoms with Gasteiger partial charge in [0.2, 0.25) is 0 Å². The predicted octanol–water partition coefficient (Wildman–Crippen LogP) is 1.29. The Balaban J connectivity index is 2.14. The van der Waals surface area contributed by atoms with E-state index in [1.165, 1.54) is 6.07 Å². The van der Waals surface area contributed by atoms with Gasteiger partial charge in [-0.15, -0.1) is 0 Å². The maximum atomic E-state index is 14.3. The molecule has 0 unspecified atom stereocenters. The lowest BCUT2D eigenvalue weighted by molar-refractivity contribution is 0.302. The summed E-state index contributed by atoms with van der Waals surface area (Å²) in [6, 6.07) is 4.84. The fourth-order valence-electron chi connectivity index (χ4n) is 2.09. The van der Waals surface area contributed by atoms with Crippen molar-refractivity contribution in [3.05, 3.63) is 53.4 Å². The van der Waals surface area contributed by atoms with Crippen LogP contribution in [0, 0.1) is 5.82 Å². The van der Waals surface area contributed by atoms with Crippen LogP contribution in [0.2, 0.25) is 0 Å². The third kappa shape index (κ3) is 3.38. The molecule has 0 saturated heterocycles. The largest absolute Gasteiger partial charge is 0.409 e. The molecule has 2 aromatic rings. The standard InChI is InChI=1S/C14H18FN5O/c1-19(9-12-17-6-7-20(12)2)8-10-4-3-5-11(13(10)15)14(16)18-21/h3-7,21H,8-9H2,1-2H3,(H2,16,18). The van der Waals surface area contributed by atoms with Crippen molar-refractivity contribution in [2.24, 2.45) is 17.9 Å². The fourth-order valence-corrected chi connectivity index (χ4v) is 2.09. The van der Waals surface area contributed by atoms with Gasteiger partial charge in [0.15, 0.2) is 5.84 Å². The van der Waals surface area contributed by atoms with Crippen LogP contribution in [0.5, 0.6) is 0 Å². The number of nitrogens with two attached hydrogens (primary N) is 1. The topological polar surface area (TPSA) is 79.7 Å². The zero-order chi connectivity index (χ0) is 15.4. The number of hydrogen-bond acceptors (Lipinski definition) is 4. The van der Waals surface area contributed by atoms with E-state index in [-0.39, 0.29) is 11.4 Å². The number of hydrogen-bond donors (Lipinski definition) is 2. The Morgan fingerprint density at radius 2 is 2.24 bits per heavy atom. The summed E-state index contributed by atoms with van der Waals surface area (Å²) in [5.74, 6) is 0.186. The third-order valence-electron chi connectivity index (χ3n) is 3.23. The van der Waals surface area contributed by atoms with E-state index in [0.717, 1.165) is 5.82 Å². The predicted molar refractivity (Wildman–Crippen MR) is 77.3 cm³/mol. The highest BCUT2D eigenvalue weighted by atomic mass is 19.1. The molecule has 0 atom stereocenters. The molecule has 0 amide bonds. The SMILES string of the molecule is CN(Cc1cccc(/C(N)=N/O)c1F)Cc1nccn1C. The Kier molecular flexibility index (Phi) is 4.54. The number of amidine groups is 1. The van der Waals surface area contributed by atoms with Gasteiger partial charge >= 0.3 is 0 Å². The summed E-state index contributed by atoms with van der Waals surface area (Å²) in [6.07, 6.45) is 3.59. The van der Waals surface area contributed by atoms with Crippen molar-refractivity contribution in [3.63, 3.8) is 0 Å². The smallest absolute Gasteiger partial charge is 0.173 e. The highest BCUT2D eigenvalue weighted by Gasteiger charge is 2.13. The van der Waals surface area contributed by atoms with Crippen LogP contribution in [0.1, 0.15) is 17.0 Å². The average molecular weight is 291 g/mol. The van der Waals surface area contributed by atoms with Crippen LogP contribution >= 0.6 is 0 Å². The summed E-state index contributed by atoms with van der Waals surface area (Å²) in [4.78, 5) is 6.18. The molecular formula is C14H18FN5O. The summed E-state index contributed by atoms with van der Waals surface area (Å²) >= 11 is 0. The van der Waals surface area contributed by atoms with Crippen molar-refractivity contribution >= 4 is 5.84 Å². The first kappa shape index (κ1) is 15.0. The molecule has 3 N–H and O–H groups in total. The lowest BCUT2D eigenvalue weighted by Gasteiger charge is -2.17. The Morgan fingerprint density at radius 3 is 2.86 bits per heavy atom. The zero-order valence-corrected chi connectivity index (χ0v) is 12.0. The van der Waals surface area contributed by atoms with Crippen LogP contribution in [-0.4, -0.2) is 32.5 Å². The van der Waals surface area contributed by atoms with Crippen molar-refractivity contribution in [3.8, 4) is 0 Å². The zero-order valence-electron chi connectivity index (χ0n) is 12.0. The maximum absolute atomic E-state index is 14.3. The van der Waals surface area contributed by atoms with E-state index in [4.69, 9.17) is 10.9 Å². The van der Waals surface area contributed by atoms with Gasteiger partial charge in [-0.05, 0) is 13.1 Å². The number of aryl methyl sites for hydroxylation is 1. The van der Waals surface area contributed by atoms with Gasteiger partial charge in [0.25, 0.3) is 0 Å². The van der Waals surface area contributed by atoms with Gasteiger partial charge < -0.3 is 15.5 Å². The summed E-state index contributed by atoms with van der Waals surface area (Å²) in [7, 11) is 3.79. The minimum atomic E-state index is -0.473. The second kappa shape index (κ2) is 6.36. The lowest BCUT2D eigenvalue weighted by Crippen LogP contribution is -2.22. The molecule has 7 heteroatoms. The summed E-state index contributed by atoms with van der Waals surface area (Å²) in [5.41, 5.74) is 6.04. The maximum Gasteiger partial charge on any atom is 0.173 e. The van der Waals surface area contributed by atoms with Crippen LogP contribution in [-0.2, 0) is 20.1 Å². The third-order valence-corrected chi connectivity index (χ3v) is 3.23. The number of oxime groups is 1. The van der Waals surface area contributed by atoms with Crippen molar-refractivity contribution in [2.75, 3.05) is 7.05 Å². The van der Waals surface area contributed by atoms with E-state index in [9.17, 15) is 4.39 Å². The molecule has 0 aliphatic heterocycles. The molecule has 0 aliphatic carbocycles. The quantitative estimate of drug-likeness (QED) is 0.376. The minimum absolute atomic E-state index is 0.0976. The van der Waals surface area contributed by atoms with Gasteiger partial charge in [-0.25, -0.2) is 9.37 Å². The number of halogens is 1. The molecule has 0 spiro atoms. The first-order valence-corrected chi connectivity index (χ1v) is 6.43. The lowest BCUT2D eigenvalue weighted by atomic mass is 10.1. The molecule has 21 heavy (non-hydrogen) atoms. The number of nitrogens with zero attached hydrogens (tertiary/aromatic N) is 4. The van der Waals surface area contributed by atoms with E-state index in [2.05, 4.69) is 10.1 Å². The van der Waals surface area contributed by atoms with Crippen LogP contribution in [0.4, 0.5) is 4.39 Å². The van der Waals surface area contributed by atoms with Gasteiger partial charge in [0.05, 0.1) is 12.1 Å². The highest BCUT2D eigenvalue weighted by Crippen LogP contribution is 2.15. The molecule has 1 aromatic heterocycles. The van der Waals surface area contributed by atoms with E-state index in [0.29, 0.717) is 18.7 Å². The second-order valence-electron chi connectivity index (χ2n) is 4.89. The molecule has 0 fully saturated rings. The monoisotopic (exact) mass is 291 g/mol. The van der Waals surface area contributed by atoms with Crippen LogP contribution in [0.3, 0.4) is 0 Å². The summed E-state index contributed by atoms with van der Waals surface area (Å²) < 4.78 is 16.2. The number of benzene rings is 1. The van der Waals surface area contributed by atoms with Crippen molar-refractivity contribution in [2.45, 2.75) is 13.1 Å². The highest BCUT2D eigenvalue weighted by molar-refractivity contribution is 5.97. The first-order valence-electron chi connectivity index (χ1n) is 6.43. The molecule has 2 rings (SSSR count). The second-order valence-corrected chi connectivity index (χ2v) is 4.89. The minimum Gasteiger partial charge on any atom is -0.409 e. The van der Waals surface area contributed by atoms with Gasteiger partial charge in [-0.1, -0.05) is 17.3 Å². The van der Waals surface area contributed by atoms with Crippen LogP contribution in [0.15, 0.2) is 35.7 Å². The Bertz CT molecular complexity index is 653. The molecule has 0 radical (unpaired) electrons. The molecule has 112 valence electrons. The van der Waals surface area contributed by atoms with E-state index in [1.54, 1.807) is 18.3 Å². The number of aromatic nitrogens is 2. The first-order chi connectivity index (χ1) is 10.0. The van der Waals surface area contributed by atoms with E-state index in [1.807, 2.05) is 29.8 Å². The average Bonchev–Trinajstić information content (AvgIpc) is 2.85. The van der Waals surface area contributed by atoms with Crippen molar-refractivity contribution in [1.82, 2.24) is 14.5 Å². The molecule has 6 nitrogen and oxygen atoms in total. The van der Waals surface area contributed by atoms with Crippen LogP contribution in [0.25, 0.3) is 0 Å². The fraction of sp³-hybridized carbons (Fsp3) is 0.286. The van der Waals surface area contributed by atoms with Gasteiger partial charge in [0.1, 0.15) is 11.6 Å². The van der Waals surface area contributed by atoms with E-state index < -0.39 is 5.82 Å². The summed E-state index contributed by atoms with van der Waals surface area (Å²) in [5, 5.41) is 11.5. The van der Waals surface area contributed by atoms with Crippen molar-refractivity contribution in [1.29, 1.82) is 0 Å². The Labute approximate surface area is 122 Å². The molecule has 1 heterocycles. The van der Waals surface area contributed by atoms with Gasteiger partial charge in [-0.3, -0.25) is 4.90 Å². The normalized spacial score (nSPS) is 12.1. The number of imidazole rings is 1. The number of rotatable bonds is 5. The summed E-state index contributed by atoms with van der Waals surface area (Å²) in [6.45, 7) is 0.988. The van der Waals surface area contributed by atoms with Crippen molar-refractivity contribution < 1.29 is 9.60 Å². The van der Waals surface area contributed by atoms with Gasteiger partial charge in [0, 0.05) is 31.5 Å². The van der Waals surface area contributed by atoms with Crippen LogP contribution < -0.4 is 5.73 Å². The molecular weight excluding hydrogens is 273 g/mol. The Morgan fingerprint density at radius 1 is 1.48 bits per heavy atom. The molecule has 1 aromatic carbocycles. The van der Waals surface area contributed by atoms with Gasteiger partial charge in [-0.2, -0.15) is 0 Å².